The number of thioether (sulfide) groups is 1. The molecule has 0 unspecified atom stereocenters. The zero-order valence-electron chi connectivity index (χ0n) is 17.0. The van der Waals surface area contributed by atoms with Crippen LogP contribution in [0.3, 0.4) is 0 Å². The van der Waals surface area contributed by atoms with Crippen molar-refractivity contribution < 1.29 is 19.2 Å². The molecule has 0 bridgehead atoms. The maximum Gasteiger partial charge on any atom is 0.277 e. The number of nitrogens with zero attached hydrogens (tertiary/aromatic N) is 3. The number of carbonyl (C=O) groups is 2. The Balaban J connectivity index is 1.26. The number of fused-ring (bicyclic) bond motifs is 1. The van der Waals surface area contributed by atoms with Crippen molar-refractivity contribution in [3.8, 4) is 0 Å². The Morgan fingerprint density at radius 3 is 2.48 bits per heavy atom. The summed E-state index contributed by atoms with van der Waals surface area (Å²) >= 11 is 1.88. The van der Waals surface area contributed by atoms with Crippen LogP contribution in [0.25, 0.3) is 0 Å². The molecule has 1 aromatic rings. The lowest BCUT2D eigenvalue weighted by atomic mass is 10.2. The van der Waals surface area contributed by atoms with Gasteiger partial charge in [-0.3, -0.25) is 9.59 Å². The first-order chi connectivity index (χ1) is 14.2. The molecule has 4 rings (SSSR count). The summed E-state index contributed by atoms with van der Waals surface area (Å²) in [4.78, 5) is 34.1. The van der Waals surface area contributed by atoms with E-state index in [1.54, 1.807) is 0 Å². The smallest absolute Gasteiger partial charge is 0.277 e. The van der Waals surface area contributed by atoms with Crippen LogP contribution in [0.4, 0.5) is 5.69 Å². The predicted molar refractivity (Wildman–Crippen MR) is 114 cm³/mol. The molecular weight excluding hydrogens is 388 g/mol. The van der Waals surface area contributed by atoms with Gasteiger partial charge in [0.1, 0.15) is 0 Å². The SMILES string of the molecule is O=C(CN1CCCSc2ccccc21)N1CC[NH+](CC(=O)N2CCOCC2)CC1. The number of anilines is 1. The summed E-state index contributed by atoms with van der Waals surface area (Å²) in [5, 5.41) is 0. The summed E-state index contributed by atoms with van der Waals surface area (Å²) in [5.74, 6) is 1.51. The Kier molecular flexibility index (Phi) is 6.94. The summed E-state index contributed by atoms with van der Waals surface area (Å²) in [6.45, 7) is 7.72. The number of piperazine rings is 1. The molecule has 29 heavy (non-hydrogen) atoms. The molecule has 0 atom stereocenters. The highest BCUT2D eigenvalue weighted by Gasteiger charge is 2.28. The second kappa shape index (κ2) is 9.82. The van der Waals surface area contributed by atoms with Crippen molar-refractivity contribution in [1.82, 2.24) is 9.80 Å². The number of morpholine rings is 1. The Labute approximate surface area is 176 Å². The highest BCUT2D eigenvalue weighted by Crippen LogP contribution is 2.33. The van der Waals surface area contributed by atoms with Gasteiger partial charge >= 0.3 is 0 Å². The molecule has 0 aliphatic carbocycles. The van der Waals surface area contributed by atoms with Crippen LogP contribution in [0.2, 0.25) is 0 Å². The molecule has 0 spiro atoms. The molecule has 8 heteroatoms. The maximum absolute atomic E-state index is 12.9. The van der Waals surface area contributed by atoms with E-state index in [4.69, 9.17) is 4.74 Å². The second-order valence-electron chi connectivity index (χ2n) is 7.89. The largest absolute Gasteiger partial charge is 0.378 e. The maximum atomic E-state index is 12.9. The van der Waals surface area contributed by atoms with Gasteiger partial charge in [-0.2, -0.15) is 0 Å². The molecule has 158 valence electrons. The first-order valence-electron chi connectivity index (χ1n) is 10.6. The van der Waals surface area contributed by atoms with Gasteiger partial charge in [0, 0.05) is 24.5 Å². The van der Waals surface area contributed by atoms with Gasteiger partial charge in [0.2, 0.25) is 5.91 Å². The van der Waals surface area contributed by atoms with Crippen LogP contribution in [0.1, 0.15) is 6.42 Å². The normalized spacial score (nSPS) is 20.9. The molecule has 0 saturated carbocycles. The van der Waals surface area contributed by atoms with Gasteiger partial charge in [0.25, 0.3) is 5.91 Å². The van der Waals surface area contributed by atoms with Crippen molar-refractivity contribution in [2.45, 2.75) is 11.3 Å². The number of benzene rings is 1. The first-order valence-corrected chi connectivity index (χ1v) is 11.6. The summed E-state index contributed by atoms with van der Waals surface area (Å²) in [6, 6.07) is 8.39. The zero-order valence-corrected chi connectivity index (χ0v) is 17.8. The number of ether oxygens (including phenoxy) is 1. The Morgan fingerprint density at radius 1 is 0.966 bits per heavy atom. The molecular formula is C21H31N4O3S+. The molecule has 2 amide bonds. The third kappa shape index (κ3) is 5.24. The van der Waals surface area contributed by atoms with Crippen molar-refractivity contribution in [1.29, 1.82) is 0 Å². The monoisotopic (exact) mass is 419 g/mol. The number of amides is 2. The van der Waals surface area contributed by atoms with Crippen LogP contribution >= 0.6 is 11.8 Å². The number of hydrogen-bond donors (Lipinski definition) is 1. The minimum atomic E-state index is 0.199. The lowest BCUT2D eigenvalue weighted by Crippen LogP contribution is -3.15. The Morgan fingerprint density at radius 2 is 1.69 bits per heavy atom. The number of hydrogen-bond acceptors (Lipinski definition) is 5. The average Bonchev–Trinajstić information content (AvgIpc) is 2.97. The highest BCUT2D eigenvalue weighted by atomic mass is 32.2. The van der Waals surface area contributed by atoms with Crippen molar-refractivity contribution in [3.05, 3.63) is 24.3 Å². The van der Waals surface area contributed by atoms with Crippen molar-refractivity contribution in [2.24, 2.45) is 0 Å². The van der Waals surface area contributed by atoms with Gasteiger partial charge in [-0.25, -0.2) is 0 Å². The molecule has 3 aliphatic heterocycles. The molecule has 3 heterocycles. The van der Waals surface area contributed by atoms with E-state index in [0.717, 1.165) is 44.9 Å². The van der Waals surface area contributed by atoms with Gasteiger partial charge in [-0.05, 0) is 24.3 Å². The number of carbonyl (C=O) groups excluding carboxylic acids is 2. The van der Waals surface area contributed by atoms with Crippen LogP contribution in [-0.4, -0.2) is 99.5 Å². The van der Waals surface area contributed by atoms with Crippen molar-refractivity contribution in [3.63, 3.8) is 0 Å². The summed E-state index contributed by atoms with van der Waals surface area (Å²) in [7, 11) is 0. The third-order valence-corrected chi connectivity index (χ3v) is 7.10. The van der Waals surface area contributed by atoms with E-state index >= 15 is 0 Å². The van der Waals surface area contributed by atoms with E-state index in [2.05, 4.69) is 29.2 Å². The van der Waals surface area contributed by atoms with Gasteiger partial charge in [0.05, 0.1) is 51.6 Å². The van der Waals surface area contributed by atoms with Gasteiger partial charge in [0.15, 0.2) is 6.54 Å². The van der Waals surface area contributed by atoms with Crippen molar-refractivity contribution in [2.75, 3.05) is 82.8 Å². The topological polar surface area (TPSA) is 57.5 Å². The summed E-state index contributed by atoms with van der Waals surface area (Å²) in [5.41, 5.74) is 1.18. The molecule has 2 fully saturated rings. The van der Waals surface area contributed by atoms with E-state index in [0.29, 0.717) is 39.4 Å². The number of para-hydroxylation sites is 1. The van der Waals surface area contributed by atoms with Gasteiger partial charge < -0.3 is 24.3 Å². The third-order valence-electron chi connectivity index (χ3n) is 5.95. The zero-order chi connectivity index (χ0) is 20.1. The quantitative estimate of drug-likeness (QED) is 0.718. The van der Waals surface area contributed by atoms with Gasteiger partial charge in [-0.15, -0.1) is 11.8 Å². The fourth-order valence-electron chi connectivity index (χ4n) is 4.21. The lowest BCUT2D eigenvalue weighted by molar-refractivity contribution is -0.896. The fraction of sp³-hybridized carbons (Fsp3) is 0.619. The van der Waals surface area contributed by atoms with Crippen molar-refractivity contribution >= 4 is 29.3 Å². The first kappa shape index (κ1) is 20.5. The summed E-state index contributed by atoms with van der Waals surface area (Å²) in [6.07, 6.45) is 1.09. The molecule has 0 radical (unpaired) electrons. The molecule has 0 aromatic heterocycles. The van der Waals surface area contributed by atoms with Gasteiger partial charge in [-0.1, -0.05) is 12.1 Å². The van der Waals surface area contributed by atoms with E-state index in [9.17, 15) is 9.59 Å². The second-order valence-corrected chi connectivity index (χ2v) is 9.03. The van der Waals surface area contributed by atoms with Crippen LogP contribution in [0.5, 0.6) is 0 Å². The number of nitrogens with one attached hydrogen (secondary N) is 1. The van der Waals surface area contributed by atoms with E-state index in [-0.39, 0.29) is 11.8 Å². The van der Waals surface area contributed by atoms with Crippen LogP contribution < -0.4 is 9.80 Å². The predicted octanol–water partition coefficient (Wildman–Crippen LogP) is -0.425. The molecule has 3 aliphatic rings. The Bertz CT molecular complexity index is 718. The molecule has 7 nitrogen and oxygen atoms in total. The van der Waals surface area contributed by atoms with Crippen LogP contribution in [-0.2, 0) is 14.3 Å². The highest BCUT2D eigenvalue weighted by molar-refractivity contribution is 7.99. The van der Waals surface area contributed by atoms with E-state index in [1.165, 1.54) is 15.5 Å². The average molecular weight is 420 g/mol. The number of rotatable bonds is 4. The lowest BCUT2D eigenvalue weighted by Gasteiger charge is -2.35. The Hall–Kier alpha value is -1.77. The molecule has 1 N–H and O–H groups in total. The van der Waals surface area contributed by atoms with E-state index < -0.39 is 0 Å². The molecule has 2 saturated heterocycles. The standard InChI is InChI=1S/C21H30N4O3S/c26-20(24-11-13-28-14-12-24)16-22-7-9-23(10-8-22)21(27)17-25-6-3-15-29-19-5-2-1-4-18(19)25/h1-2,4-5H,3,6-17H2/p+1. The number of quaternary nitrogens is 1. The summed E-state index contributed by atoms with van der Waals surface area (Å²) < 4.78 is 5.32. The molecule has 1 aromatic carbocycles. The van der Waals surface area contributed by atoms with Crippen LogP contribution in [0, 0.1) is 0 Å². The fourth-order valence-corrected chi connectivity index (χ4v) is 5.23. The van der Waals surface area contributed by atoms with E-state index in [1.807, 2.05) is 21.6 Å². The van der Waals surface area contributed by atoms with Crippen LogP contribution in [0.15, 0.2) is 29.2 Å². The minimum absolute atomic E-state index is 0.199. The minimum Gasteiger partial charge on any atom is -0.378 e.